The minimum Gasteiger partial charge on any atom is -0.493 e. The number of benzene rings is 1. The summed E-state index contributed by atoms with van der Waals surface area (Å²) in [4.78, 5) is 0. The van der Waals surface area contributed by atoms with E-state index in [1.807, 2.05) is 29.8 Å². The second-order valence-electron chi connectivity index (χ2n) is 4.60. The molecule has 0 radical (unpaired) electrons. The van der Waals surface area contributed by atoms with E-state index in [0.717, 1.165) is 5.82 Å². The molecule has 0 saturated heterocycles. The van der Waals surface area contributed by atoms with E-state index in [-0.39, 0.29) is 6.61 Å². The van der Waals surface area contributed by atoms with E-state index in [1.165, 1.54) is 0 Å². The number of aromatic nitrogens is 3. The second-order valence-corrected chi connectivity index (χ2v) is 4.60. The van der Waals surface area contributed by atoms with Crippen molar-refractivity contribution >= 4 is 0 Å². The summed E-state index contributed by atoms with van der Waals surface area (Å²) in [6.07, 6.45) is 1.02. The average Bonchev–Trinajstić information content (AvgIpc) is 2.91. The molecule has 2 aromatic rings. The average molecular weight is 292 g/mol. The van der Waals surface area contributed by atoms with Crippen LogP contribution in [0.3, 0.4) is 0 Å². The largest absolute Gasteiger partial charge is 0.493 e. The van der Waals surface area contributed by atoms with Gasteiger partial charge in [-0.25, -0.2) is 0 Å². The number of aryl methyl sites for hydroxylation is 1. The molecular formula is C14H20N4O3. The minimum atomic E-state index is -0.622. The molecule has 7 nitrogen and oxygen atoms in total. The van der Waals surface area contributed by atoms with Gasteiger partial charge in [-0.15, -0.1) is 10.2 Å². The van der Waals surface area contributed by atoms with Crippen molar-refractivity contribution in [1.82, 2.24) is 20.1 Å². The summed E-state index contributed by atoms with van der Waals surface area (Å²) in [7, 11) is 3.46. The molecule has 2 rings (SSSR count). The highest BCUT2D eigenvalue weighted by Crippen LogP contribution is 2.25. The van der Waals surface area contributed by atoms with Gasteiger partial charge in [0, 0.05) is 13.6 Å². The Hall–Kier alpha value is -2.12. The van der Waals surface area contributed by atoms with E-state index >= 15 is 0 Å². The number of hydrogen-bond donors (Lipinski definition) is 2. The third-order valence-electron chi connectivity index (χ3n) is 2.97. The Morgan fingerprint density at radius 3 is 2.76 bits per heavy atom. The van der Waals surface area contributed by atoms with E-state index in [4.69, 9.17) is 9.47 Å². The van der Waals surface area contributed by atoms with Crippen LogP contribution in [0.1, 0.15) is 5.82 Å². The number of rotatable bonds is 8. The highest BCUT2D eigenvalue weighted by Gasteiger charge is 2.08. The fourth-order valence-corrected chi connectivity index (χ4v) is 1.80. The lowest BCUT2D eigenvalue weighted by Crippen LogP contribution is -2.31. The number of nitrogens with one attached hydrogen (secondary N) is 1. The SMILES string of the molecule is COc1ccccc1OCC(O)CNCc1nncn1C. The van der Waals surface area contributed by atoms with Crippen molar-refractivity contribution in [2.45, 2.75) is 12.6 Å². The Balaban J connectivity index is 1.72. The first kappa shape index (κ1) is 15.3. The van der Waals surface area contributed by atoms with Crippen LogP contribution in [-0.4, -0.2) is 46.2 Å². The first-order valence-corrected chi connectivity index (χ1v) is 6.68. The molecule has 0 aliphatic heterocycles. The third kappa shape index (κ3) is 4.44. The Labute approximate surface area is 123 Å². The van der Waals surface area contributed by atoms with Crippen LogP contribution in [0.15, 0.2) is 30.6 Å². The quantitative estimate of drug-likeness (QED) is 0.731. The van der Waals surface area contributed by atoms with Gasteiger partial charge in [-0.1, -0.05) is 12.1 Å². The Morgan fingerprint density at radius 2 is 2.10 bits per heavy atom. The van der Waals surface area contributed by atoms with E-state index in [0.29, 0.717) is 24.6 Å². The molecule has 0 spiro atoms. The number of ether oxygens (including phenoxy) is 2. The van der Waals surface area contributed by atoms with Crippen LogP contribution in [-0.2, 0) is 13.6 Å². The summed E-state index contributed by atoms with van der Waals surface area (Å²) < 4.78 is 12.6. The molecule has 2 N–H and O–H groups in total. The lowest BCUT2D eigenvalue weighted by Gasteiger charge is -2.14. The Morgan fingerprint density at radius 1 is 1.33 bits per heavy atom. The summed E-state index contributed by atoms with van der Waals surface area (Å²) in [5.74, 6) is 2.08. The standard InChI is InChI=1S/C14H20N4O3/c1-18-10-16-17-14(18)8-15-7-11(19)9-21-13-6-4-3-5-12(13)20-2/h3-6,10-11,15,19H,7-9H2,1-2H3. The fraction of sp³-hybridized carbons (Fsp3) is 0.429. The Bertz CT molecular complexity index is 559. The maximum atomic E-state index is 9.90. The van der Waals surface area contributed by atoms with Gasteiger partial charge in [0.15, 0.2) is 11.5 Å². The van der Waals surface area contributed by atoms with Gasteiger partial charge < -0.3 is 24.5 Å². The van der Waals surface area contributed by atoms with Crippen LogP contribution < -0.4 is 14.8 Å². The summed E-state index contributed by atoms with van der Waals surface area (Å²) in [5, 5.41) is 20.7. The fourth-order valence-electron chi connectivity index (χ4n) is 1.80. The van der Waals surface area contributed by atoms with Gasteiger partial charge in [-0.05, 0) is 12.1 Å². The van der Waals surface area contributed by atoms with Crippen molar-refractivity contribution in [3.05, 3.63) is 36.4 Å². The molecule has 1 heterocycles. The number of para-hydroxylation sites is 2. The summed E-state index contributed by atoms with van der Waals surface area (Å²) in [6.45, 7) is 1.14. The number of hydrogen-bond acceptors (Lipinski definition) is 6. The van der Waals surface area contributed by atoms with Gasteiger partial charge in [0.05, 0.1) is 13.7 Å². The topological polar surface area (TPSA) is 81.4 Å². The number of nitrogens with zero attached hydrogens (tertiary/aromatic N) is 3. The second kappa shape index (κ2) is 7.61. The molecule has 0 aliphatic rings. The lowest BCUT2D eigenvalue weighted by atomic mass is 10.3. The highest BCUT2D eigenvalue weighted by atomic mass is 16.5. The van der Waals surface area contributed by atoms with Crippen molar-refractivity contribution in [3.63, 3.8) is 0 Å². The zero-order valence-corrected chi connectivity index (χ0v) is 12.2. The van der Waals surface area contributed by atoms with Crippen molar-refractivity contribution in [3.8, 4) is 11.5 Å². The van der Waals surface area contributed by atoms with Gasteiger partial charge in [-0.3, -0.25) is 0 Å². The molecule has 7 heteroatoms. The summed E-state index contributed by atoms with van der Waals surface area (Å²) in [5.41, 5.74) is 0. The summed E-state index contributed by atoms with van der Waals surface area (Å²) in [6, 6.07) is 7.34. The molecule has 1 unspecified atom stereocenters. The van der Waals surface area contributed by atoms with Crippen LogP contribution in [0, 0.1) is 0 Å². The van der Waals surface area contributed by atoms with E-state index in [9.17, 15) is 5.11 Å². The molecule has 0 aliphatic carbocycles. The molecule has 0 amide bonds. The van der Waals surface area contributed by atoms with Crippen LogP contribution in [0.5, 0.6) is 11.5 Å². The first-order valence-electron chi connectivity index (χ1n) is 6.68. The predicted molar refractivity (Wildman–Crippen MR) is 77.2 cm³/mol. The first-order chi connectivity index (χ1) is 10.2. The third-order valence-corrected chi connectivity index (χ3v) is 2.97. The van der Waals surface area contributed by atoms with Gasteiger partial charge >= 0.3 is 0 Å². The van der Waals surface area contributed by atoms with Crippen molar-refractivity contribution in [2.75, 3.05) is 20.3 Å². The van der Waals surface area contributed by atoms with Crippen molar-refractivity contribution in [2.24, 2.45) is 7.05 Å². The molecule has 114 valence electrons. The maximum Gasteiger partial charge on any atom is 0.161 e. The minimum absolute atomic E-state index is 0.187. The van der Waals surface area contributed by atoms with Crippen molar-refractivity contribution in [1.29, 1.82) is 0 Å². The van der Waals surface area contributed by atoms with Gasteiger partial charge in [-0.2, -0.15) is 0 Å². The zero-order valence-electron chi connectivity index (χ0n) is 12.2. The van der Waals surface area contributed by atoms with Crippen LogP contribution in [0.2, 0.25) is 0 Å². The molecule has 0 fully saturated rings. The van der Waals surface area contributed by atoms with E-state index in [1.54, 1.807) is 19.5 Å². The molecule has 21 heavy (non-hydrogen) atoms. The van der Waals surface area contributed by atoms with E-state index < -0.39 is 6.10 Å². The van der Waals surface area contributed by atoms with Crippen molar-refractivity contribution < 1.29 is 14.6 Å². The number of aliphatic hydroxyl groups is 1. The molecule has 1 atom stereocenters. The smallest absolute Gasteiger partial charge is 0.161 e. The van der Waals surface area contributed by atoms with Crippen LogP contribution in [0.4, 0.5) is 0 Å². The lowest BCUT2D eigenvalue weighted by molar-refractivity contribution is 0.104. The molecule has 0 saturated carbocycles. The predicted octanol–water partition coefficient (Wildman–Crippen LogP) is 0.353. The van der Waals surface area contributed by atoms with Gasteiger partial charge in [0.2, 0.25) is 0 Å². The molecule has 0 bridgehead atoms. The number of aliphatic hydroxyl groups excluding tert-OH is 1. The highest BCUT2D eigenvalue weighted by molar-refractivity contribution is 5.39. The normalized spacial score (nSPS) is 12.1. The van der Waals surface area contributed by atoms with Gasteiger partial charge in [0.1, 0.15) is 24.9 Å². The number of methoxy groups -OCH3 is 1. The summed E-state index contributed by atoms with van der Waals surface area (Å²) >= 11 is 0. The maximum absolute atomic E-state index is 9.90. The monoisotopic (exact) mass is 292 g/mol. The Kier molecular flexibility index (Phi) is 5.53. The molecular weight excluding hydrogens is 272 g/mol. The van der Waals surface area contributed by atoms with Crippen LogP contribution in [0.25, 0.3) is 0 Å². The van der Waals surface area contributed by atoms with E-state index in [2.05, 4.69) is 15.5 Å². The van der Waals surface area contributed by atoms with Gasteiger partial charge in [0.25, 0.3) is 0 Å². The molecule has 1 aromatic heterocycles. The molecule has 1 aromatic carbocycles. The van der Waals surface area contributed by atoms with Crippen LogP contribution >= 0.6 is 0 Å². The zero-order chi connectivity index (χ0) is 15.1.